The highest BCUT2D eigenvalue weighted by Crippen LogP contribution is 2.30. The van der Waals surface area contributed by atoms with Crippen LogP contribution in [0.25, 0.3) is 0 Å². The predicted molar refractivity (Wildman–Crippen MR) is 98.7 cm³/mol. The van der Waals surface area contributed by atoms with E-state index in [4.69, 9.17) is 4.74 Å². The van der Waals surface area contributed by atoms with Crippen molar-refractivity contribution in [1.29, 1.82) is 0 Å². The summed E-state index contributed by atoms with van der Waals surface area (Å²) < 4.78 is 5.21. The standard InChI is InChI=1S/C18H24N4O4/c1-4-21(5-2)11-10-19-12-13-16(23)20-18(25)22(17(13)24)14-8-6-7-9-15(14)26-3/h6-9,12-13H,4-5,10-11H2,1-3H3,(H,20,23,25). The molecule has 2 rings (SSSR count). The Balaban J connectivity index is 2.17. The molecule has 1 unspecified atom stereocenters. The average Bonchev–Trinajstić information content (AvgIpc) is 2.64. The van der Waals surface area contributed by atoms with Gasteiger partial charge in [-0.05, 0) is 25.2 Å². The molecule has 1 saturated heterocycles. The normalized spacial score (nSPS) is 17.9. The first-order valence-electron chi connectivity index (χ1n) is 8.57. The maximum absolute atomic E-state index is 12.7. The summed E-state index contributed by atoms with van der Waals surface area (Å²) in [5, 5.41) is 2.20. The molecule has 140 valence electrons. The number of methoxy groups -OCH3 is 1. The van der Waals surface area contributed by atoms with E-state index in [1.807, 2.05) is 0 Å². The maximum atomic E-state index is 12.7. The summed E-state index contributed by atoms with van der Waals surface area (Å²) in [5.41, 5.74) is 0.284. The van der Waals surface area contributed by atoms with Gasteiger partial charge in [0.05, 0.1) is 19.3 Å². The molecular formula is C18H24N4O4. The van der Waals surface area contributed by atoms with Crippen molar-refractivity contribution in [3.63, 3.8) is 0 Å². The lowest BCUT2D eigenvalue weighted by Crippen LogP contribution is -2.58. The largest absolute Gasteiger partial charge is 0.495 e. The molecule has 1 atom stereocenters. The van der Waals surface area contributed by atoms with E-state index in [2.05, 4.69) is 29.1 Å². The number of hydrogen-bond donors (Lipinski definition) is 1. The van der Waals surface area contributed by atoms with Crippen LogP contribution in [0.5, 0.6) is 5.75 Å². The van der Waals surface area contributed by atoms with Gasteiger partial charge < -0.3 is 9.64 Å². The number of hydrogen-bond acceptors (Lipinski definition) is 6. The van der Waals surface area contributed by atoms with Crippen molar-refractivity contribution in [2.45, 2.75) is 13.8 Å². The smallest absolute Gasteiger partial charge is 0.335 e. The Kier molecular flexibility index (Phi) is 6.85. The summed E-state index contributed by atoms with van der Waals surface area (Å²) >= 11 is 0. The number of urea groups is 1. The molecule has 1 heterocycles. The molecule has 1 aromatic carbocycles. The minimum atomic E-state index is -1.14. The SMILES string of the molecule is CCN(CC)CCN=CC1C(=O)NC(=O)N(c2ccccc2OC)C1=O. The minimum absolute atomic E-state index is 0.284. The Bertz CT molecular complexity index is 700. The Morgan fingerprint density at radius 1 is 1.23 bits per heavy atom. The van der Waals surface area contributed by atoms with Crippen LogP contribution in [0, 0.1) is 5.92 Å². The highest BCUT2D eigenvalue weighted by atomic mass is 16.5. The lowest BCUT2D eigenvalue weighted by atomic mass is 10.1. The van der Waals surface area contributed by atoms with Crippen LogP contribution >= 0.6 is 0 Å². The number of para-hydroxylation sites is 2. The van der Waals surface area contributed by atoms with Crippen LogP contribution in [0.15, 0.2) is 29.3 Å². The third-order valence-electron chi connectivity index (χ3n) is 4.22. The summed E-state index contributed by atoms with van der Waals surface area (Å²) in [5.74, 6) is -2.09. The maximum Gasteiger partial charge on any atom is 0.335 e. The third-order valence-corrected chi connectivity index (χ3v) is 4.22. The van der Waals surface area contributed by atoms with Gasteiger partial charge in [-0.15, -0.1) is 0 Å². The second-order valence-corrected chi connectivity index (χ2v) is 5.70. The summed E-state index contributed by atoms with van der Waals surface area (Å²) in [7, 11) is 1.45. The van der Waals surface area contributed by atoms with Crippen molar-refractivity contribution in [2.75, 3.05) is 38.2 Å². The fraction of sp³-hybridized carbons (Fsp3) is 0.444. The van der Waals surface area contributed by atoms with Crippen LogP contribution in [0.3, 0.4) is 0 Å². The van der Waals surface area contributed by atoms with E-state index in [0.717, 1.165) is 24.5 Å². The Hall–Kier alpha value is -2.74. The Morgan fingerprint density at radius 3 is 2.58 bits per heavy atom. The van der Waals surface area contributed by atoms with Crippen molar-refractivity contribution in [2.24, 2.45) is 10.9 Å². The van der Waals surface area contributed by atoms with Gasteiger partial charge in [0.25, 0.3) is 5.91 Å². The molecule has 0 aliphatic carbocycles. The number of carbonyl (C=O) groups excluding carboxylic acids is 3. The zero-order chi connectivity index (χ0) is 19.1. The number of anilines is 1. The molecule has 1 aliphatic rings. The molecule has 0 bridgehead atoms. The number of ether oxygens (including phenoxy) is 1. The van der Waals surface area contributed by atoms with Gasteiger partial charge in [-0.2, -0.15) is 0 Å². The van der Waals surface area contributed by atoms with E-state index < -0.39 is 23.8 Å². The fourth-order valence-electron chi connectivity index (χ4n) is 2.68. The zero-order valence-electron chi connectivity index (χ0n) is 15.3. The first-order chi connectivity index (χ1) is 12.5. The zero-order valence-corrected chi connectivity index (χ0v) is 15.3. The highest BCUT2D eigenvalue weighted by molar-refractivity contribution is 6.32. The highest BCUT2D eigenvalue weighted by Gasteiger charge is 2.41. The third kappa shape index (κ3) is 4.26. The number of imide groups is 2. The number of nitrogens with zero attached hydrogens (tertiary/aromatic N) is 3. The van der Waals surface area contributed by atoms with Crippen molar-refractivity contribution in [3.8, 4) is 5.75 Å². The van der Waals surface area contributed by atoms with Crippen molar-refractivity contribution >= 4 is 29.7 Å². The van der Waals surface area contributed by atoms with Crippen LogP contribution in [0.1, 0.15) is 13.8 Å². The van der Waals surface area contributed by atoms with Crippen molar-refractivity contribution < 1.29 is 19.1 Å². The van der Waals surface area contributed by atoms with Crippen LogP contribution < -0.4 is 15.0 Å². The predicted octanol–water partition coefficient (Wildman–Crippen LogP) is 1.31. The number of carbonyl (C=O) groups is 3. The van der Waals surface area contributed by atoms with Gasteiger partial charge in [-0.25, -0.2) is 9.69 Å². The van der Waals surface area contributed by atoms with E-state index in [0.29, 0.717) is 12.3 Å². The molecule has 1 aromatic rings. The number of amides is 4. The van der Waals surface area contributed by atoms with E-state index in [1.54, 1.807) is 24.3 Å². The monoisotopic (exact) mass is 360 g/mol. The molecule has 1 fully saturated rings. The molecule has 4 amide bonds. The number of rotatable bonds is 8. The molecule has 0 radical (unpaired) electrons. The molecule has 0 spiro atoms. The topological polar surface area (TPSA) is 91.3 Å². The number of benzene rings is 1. The summed E-state index contributed by atoms with van der Waals surface area (Å²) in [6.45, 7) is 7.14. The molecule has 1 aliphatic heterocycles. The number of likely N-dealkylation sites (N-methyl/N-ethyl adjacent to an activating group) is 1. The molecule has 1 N–H and O–H groups in total. The summed E-state index contributed by atoms with van der Waals surface area (Å²) in [4.78, 5) is 44.3. The number of barbiturate groups is 1. The lowest BCUT2D eigenvalue weighted by molar-refractivity contribution is -0.131. The lowest BCUT2D eigenvalue weighted by Gasteiger charge is -2.29. The molecule has 8 nitrogen and oxygen atoms in total. The van der Waals surface area contributed by atoms with Gasteiger partial charge in [-0.1, -0.05) is 26.0 Å². The van der Waals surface area contributed by atoms with Crippen LogP contribution in [-0.2, 0) is 9.59 Å². The van der Waals surface area contributed by atoms with E-state index in [1.165, 1.54) is 13.3 Å². The number of aliphatic imine (C=N–C) groups is 1. The van der Waals surface area contributed by atoms with Gasteiger partial charge in [-0.3, -0.25) is 19.9 Å². The van der Waals surface area contributed by atoms with Gasteiger partial charge >= 0.3 is 6.03 Å². The van der Waals surface area contributed by atoms with E-state index >= 15 is 0 Å². The summed E-state index contributed by atoms with van der Waals surface area (Å²) in [6, 6.07) is 5.84. The van der Waals surface area contributed by atoms with Gasteiger partial charge in [0.15, 0.2) is 5.92 Å². The second kappa shape index (κ2) is 9.10. The van der Waals surface area contributed by atoms with Crippen molar-refractivity contribution in [3.05, 3.63) is 24.3 Å². The average molecular weight is 360 g/mol. The van der Waals surface area contributed by atoms with Gasteiger partial charge in [0, 0.05) is 12.8 Å². The first kappa shape index (κ1) is 19.6. The fourth-order valence-corrected chi connectivity index (χ4v) is 2.68. The van der Waals surface area contributed by atoms with Gasteiger partial charge in [0.1, 0.15) is 5.75 Å². The van der Waals surface area contributed by atoms with E-state index in [-0.39, 0.29) is 5.69 Å². The Morgan fingerprint density at radius 2 is 1.92 bits per heavy atom. The van der Waals surface area contributed by atoms with Crippen LogP contribution in [0.2, 0.25) is 0 Å². The molecule has 26 heavy (non-hydrogen) atoms. The first-order valence-corrected chi connectivity index (χ1v) is 8.57. The summed E-state index contributed by atoms with van der Waals surface area (Å²) in [6.07, 6.45) is 1.32. The van der Waals surface area contributed by atoms with Gasteiger partial charge in [0.2, 0.25) is 5.91 Å². The molecular weight excluding hydrogens is 336 g/mol. The van der Waals surface area contributed by atoms with Crippen molar-refractivity contribution in [1.82, 2.24) is 10.2 Å². The van der Waals surface area contributed by atoms with Crippen LogP contribution in [0.4, 0.5) is 10.5 Å². The number of nitrogens with one attached hydrogen (secondary N) is 1. The second-order valence-electron chi connectivity index (χ2n) is 5.70. The van der Waals surface area contributed by atoms with Crippen LogP contribution in [-0.4, -0.2) is 62.2 Å². The molecule has 8 heteroatoms. The Labute approximate surface area is 152 Å². The van der Waals surface area contributed by atoms with E-state index in [9.17, 15) is 14.4 Å². The minimum Gasteiger partial charge on any atom is -0.495 e. The molecule has 0 aromatic heterocycles. The quantitative estimate of drug-likeness (QED) is 0.557. The molecule has 0 saturated carbocycles.